The Morgan fingerprint density at radius 2 is 2.00 bits per heavy atom. The fraction of sp³-hybridized carbons (Fsp3) is 0.588. The Labute approximate surface area is 125 Å². The zero-order valence-electron chi connectivity index (χ0n) is 12.3. The maximum atomic E-state index is 12.1. The molecule has 1 fully saturated rings. The molecule has 1 heterocycles. The molecule has 1 saturated carbocycles. The number of amides is 1. The standard InChI is InChI=1S/C17H24N2O2/c20-14-7-5-12(6-8-14)10-19-17(21)9-13-11-18-16-4-2-1-3-15(13)16/h1-4,12-14,18,20H,5-11H2,(H,19,21). The summed E-state index contributed by atoms with van der Waals surface area (Å²) in [6, 6.07) is 8.23. The molecule has 4 heteroatoms. The van der Waals surface area contributed by atoms with E-state index in [1.54, 1.807) is 0 Å². The molecule has 1 atom stereocenters. The van der Waals surface area contributed by atoms with Crippen LogP contribution in [0.4, 0.5) is 5.69 Å². The SMILES string of the molecule is O=C(CC1CNc2ccccc21)NCC1CCC(O)CC1. The van der Waals surface area contributed by atoms with Crippen molar-refractivity contribution in [2.24, 2.45) is 5.92 Å². The van der Waals surface area contributed by atoms with E-state index in [-0.39, 0.29) is 17.9 Å². The van der Waals surface area contributed by atoms with Gasteiger partial charge in [-0.3, -0.25) is 4.79 Å². The van der Waals surface area contributed by atoms with Crippen molar-refractivity contribution < 1.29 is 9.90 Å². The van der Waals surface area contributed by atoms with E-state index in [0.29, 0.717) is 12.3 Å². The van der Waals surface area contributed by atoms with Gasteiger partial charge in [-0.2, -0.15) is 0 Å². The van der Waals surface area contributed by atoms with E-state index in [9.17, 15) is 9.90 Å². The predicted molar refractivity (Wildman–Crippen MR) is 83.3 cm³/mol. The van der Waals surface area contributed by atoms with Crippen LogP contribution in [0.2, 0.25) is 0 Å². The summed E-state index contributed by atoms with van der Waals surface area (Å²) in [4.78, 5) is 12.1. The number of carbonyl (C=O) groups is 1. The highest BCUT2D eigenvalue weighted by molar-refractivity contribution is 5.78. The van der Waals surface area contributed by atoms with Gasteiger partial charge in [0.2, 0.25) is 5.91 Å². The van der Waals surface area contributed by atoms with Gasteiger partial charge in [-0.1, -0.05) is 18.2 Å². The normalized spacial score (nSPS) is 27.8. The molecule has 1 aromatic rings. The van der Waals surface area contributed by atoms with Crippen molar-refractivity contribution in [1.82, 2.24) is 5.32 Å². The Bertz CT molecular complexity index is 495. The van der Waals surface area contributed by atoms with Crippen LogP contribution in [0.3, 0.4) is 0 Å². The van der Waals surface area contributed by atoms with Gasteiger partial charge in [-0.25, -0.2) is 0 Å². The highest BCUT2D eigenvalue weighted by Gasteiger charge is 2.25. The first-order chi connectivity index (χ1) is 10.2. The van der Waals surface area contributed by atoms with Crippen molar-refractivity contribution in [2.45, 2.75) is 44.1 Å². The summed E-state index contributed by atoms with van der Waals surface area (Å²) >= 11 is 0. The minimum Gasteiger partial charge on any atom is -0.393 e. The van der Waals surface area contributed by atoms with Crippen LogP contribution in [0.25, 0.3) is 0 Å². The second kappa shape index (κ2) is 6.48. The molecular formula is C17H24N2O2. The zero-order chi connectivity index (χ0) is 14.7. The maximum absolute atomic E-state index is 12.1. The van der Waals surface area contributed by atoms with Crippen molar-refractivity contribution >= 4 is 11.6 Å². The topological polar surface area (TPSA) is 61.4 Å². The number of carbonyl (C=O) groups excluding carboxylic acids is 1. The summed E-state index contributed by atoms with van der Waals surface area (Å²) in [5.74, 6) is 0.963. The van der Waals surface area contributed by atoms with Gasteiger partial charge in [0.15, 0.2) is 0 Å². The Kier molecular flexibility index (Phi) is 4.44. The lowest BCUT2D eigenvalue weighted by molar-refractivity contribution is -0.121. The van der Waals surface area contributed by atoms with E-state index in [2.05, 4.69) is 22.8 Å². The maximum Gasteiger partial charge on any atom is 0.220 e. The largest absolute Gasteiger partial charge is 0.393 e. The van der Waals surface area contributed by atoms with Gasteiger partial charge in [0, 0.05) is 31.1 Å². The molecule has 1 aliphatic heterocycles. The van der Waals surface area contributed by atoms with E-state index < -0.39 is 0 Å². The first kappa shape index (κ1) is 14.4. The van der Waals surface area contributed by atoms with Crippen molar-refractivity contribution in [2.75, 3.05) is 18.4 Å². The summed E-state index contributed by atoms with van der Waals surface area (Å²) in [6.07, 6.45) is 4.23. The van der Waals surface area contributed by atoms with Gasteiger partial charge in [0.25, 0.3) is 0 Å². The molecule has 114 valence electrons. The molecule has 3 N–H and O–H groups in total. The third kappa shape index (κ3) is 3.56. The average Bonchev–Trinajstić information content (AvgIpc) is 2.90. The number of hydrogen-bond acceptors (Lipinski definition) is 3. The number of para-hydroxylation sites is 1. The van der Waals surface area contributed by atoms with Crippen LogP contribution in [0.5, 0.6) is 0 Å². The van der Waals surface area contributed by atoms with Crippen LogP contribution in [0.15, 0.2) is 24.3 Å². The smallest absolute Gasteiger partial charge is 0.220 e. The van der Waals surface area contributed by atoms with Crippen molar-refractivity contribution in [3.8, 4) is 0 Å². The third-order valence-electron chi connectivity index (χ3n) is 4.78. The second-order valence-corrected chi connectivity index (χ2v) is 6.35. The lowest BCUT2D eigenvalue weighted by Crippen LogP contribution is -2.33. The first-order valence-corrected chi connectivity index (χ1v) is 8.00. The van der Waals surface area contributed by atoms with Crippen molar-refractivity contribution in [1.29, 1.82) is 0 Å². The number of aliphatic hydroxyl groups is 1. The number of fused-ring (bicyclic) bond motifs is 1. The third-order valence-corrected chi connectivity index (χ3v) is 4.78. The number of benzene rings is 1. The second-order valence-electron chi connectivity index (χ2n) is 6.35. The molecule has 1 aromatic carbocycles. The van der Waals surface area contributed by atoms with Gasteiger partial charge in [-0.15, -0.1) is 0 Å². The lowest BCUT2D eigenvalue weighted by atomic mass is 9.87. The van der Waals surface area contributed by atoms with Crippen LogP contribution in [-0.2, 0) is 4.79 Å². The highest BCUT2D eigenvalue weighted by Crippen LogP contribution is 2.33. The fourth-order valence-corrected chi connectivity index (χ4v) is 3.44. The van der Waals surface area contributed by atoms with E-state index in [1.807, 2.05) is 12.1 Å². The number of anilines is 1. The summed E-state index contributed by atoms with van der Waals surface area (Å²) < 4.78 is 0. The minimum atomic E-state index is -0.127. The summed E-state index contributed by atoms with van der Waals surface area (Å²) in [5.41, 5.74) is 2.42. The number of nitrogens with one attached hydrogen (secondary N) is 2. The van der Waals surface area contributed by atoms with Gasteiger partial charge < -0.3 is 15.7 Å². The first-order valence-electron chi connectivity index (χ1n) is 8.00. The van der Waals surface area contributed by atoms with Crippen LogP contribution in [-0.4, -0.2) is 30.2 Å². The summed E-state index contributed by atoms with van der Waals surface area (Å²) in [5, 5.41) is 15.9. The van der Waals surface area contributed by atoms with Crippen LogP contribution in [0.1, 0.15) is 43.6 Å². The van der Waals surface area contributed by atoms with Gasteiger partial charge in [0.05, 0.1) is 6.10 Å². The quantitative estimate of drug-likeness (QED) is 0.796. The number of hydrogen-bond donors (Lipinski definition) is 3. The molecule has 21 heavy (non-hydrogen) atoms. The number of rotatable bonds is 4. The molecule has 3 rings (SSSR count). The van der Waals surface area contributed by atoms with Gasteiger partial charge in [-0.05, 0) is 43.2 Å². The zero-order valence-corrected chi connectivity index (χ0v) is 12.3. The summed E-state index contributed by atoms with van der Waals surface area (Å²) in [7, 11) is 0. The lowest BCUT2D eigenvalue weighted by Gasteiger charge is -2.25. The van der Waals surface area contributed by atoms with Crippen LogP contribution < -0.4 is 10.6 Å². The Morgan fingerprint density at radius 1 is 1.24 bits per heavy atom. The molecular weight excluding hydrogens is 264 g/mol. The molecule has 1 amide bonds. The van der Waals surface area contributed by atoms with Crippen LogP contribution in [0, 0.1) is 5.92 Å². The summed E-state index contributed by atoms with van der Waals surface area (Å²) in [6.45, 7) is 1.61. The Morgan fingerprint density at radius 3 is 2.81 bits per heavy atom. The highest BCUT2D eigenvalue weighted by atomic mass is 16.3. The molecule has 0 saturated heterocycles. The monoisotopic (exact) mass is 288 g/mol. The van der Waals surface area contributed by atoms with E-state index >= 15 is 0 Å². The molecule has 2 aliphatic rings. The van der Waals surface area contributed by atoms with Gasteiger partial charge in [0.1, 0.15) is 0 Å². The van der Waals surface area contributed by atoms with Gasteiger partial charge >= 0.3 is 0 Å². The molecule has 4 nitrogen and oxygen atoms in total. The fourth-order valence-electron chi connectivity index (χ4n) is 3.44. The van der Waals surface area contributed by atoms with Crippen molar-refractivity contribution in [3.05, 3.63) is 29.8 Å². The molecule has 1 unspecified atom stereocenters. The minimum absolute atomic E-state index is 0.127. The Hall–Kier alpha value is -1.55. The van der Waals surface area contributed by atoms with E-state index in [0.717, 1.165) is 44.5 Å². The van der Waals surface area contributed by atoms with E-state index in [4.69, 9.17) is 0 Å². The molecule has 0 aromatic heterocycles. The van der Waals surface area contributed by atoms with Crippen LogP contribution >= 0.6 is 0 Å². The molecule has 0 radical (unpaired) electrons. The molecule has 1 aliphatic carbocycles. The molecule has 0 bridgehead atoms. The van der Waals surface area contributed by atoms with E-state index in [1.165, 1.54) is 5.56 Å². The number of aliphatic hydroxyl groups excluding tert-OH is 1. The Balaban J connectivity index is 1.45. The molecule has 0 spiro atoms. The predicted octanol–water partition coefficient (Wildman–Crippen LogP) is 2.25. The average molecular weight is 288 g/mol. The van der Waals surface area contributed by atoms with Crippen molar-refractivity contribution in [3.63, 3.8) is 0 Å².